The molecule has 0 aliphatic rings. The fourth-order valence-electron chi connectivity index (χ4n) is 2.19. The first kappa shape index (κ1) is 15.8. The number of carbonyl (C=O) groups is 1. The maximum Gasteiger partial charge on any atom is 0.238 e. The van der Waals surface area contributed by atoms with Gasteiger partial charge in [0.05, 0.1) is 13.4 Å². The molecule has 0 radical (unpaired) electrons. The third-order valence-electron chi connectivity index (χ3n) is 3.36. The lowest BCUT2D eigenvalue weighted by Gasteiger charge is -2.06. The number of aromatic nitrogens is 2. The summed E-state index contributed by atoms with van der Waals surface area (Å²) in [5.74, 6) is 2.07. The largest absolute Gasteiger partial charge is 0.497 e. The second-order valence-corrected chi connectivity index (χ2v) is 5.12. The second-order valence-electron chi connectivity index (χ2n) is 5.12. The third-order valence-corrected chi connectivity index (χ3v) is 3.36. The first-order chi connectivity index (χ1) is 11.7. The summed E-state index contributed by atoms with van der Waals surface area (Å²) in [5, 5.41) is 6.68. The number of carbonyl (C=O) groups excluding carboxylic acids is 1. The van der Waals surface area contributed by atoms with E-state index in [1.807, 2.05) is 18.2 Å². The number of benzene rings is 1. The molecule has 1 aromatic carbocycles. The molecule has 0 aliphatic carbocycles. The SMILES string of the molecule is COc1cccc(NC(=O)CCCc2nc(-c3ccco3)no2)c1. The molecule has 124 valence electrons. The summed E-state index contributed by atoms with van der Waals surface area (Å²) >= 11 is 0. The standard InChI is InChI=1S/C17H17N3O4/c1-22-13-6-2-5-12(11-13)18-15(21)8-3-9-16-19-17(20-24-16)14-7-4-10-23-14/h2,4-7,10-11H,3,8-9H2,1H3,(H,18,21). The van der Waals surface area contributed by atoms with E-state index in [2.05, 4.69) is 15.5 Å². The number of amides is 1. The van der Waals surface area contributed by atoms with Gasteiger partial charge in [-0.3, -0.25) is 4.79 Å². The number of rotatable bonds is 7. The van der Waals surface area contributed by atoms with E-state index in [1.54, 1.807) is 31.6 Å². The van der Waals surface area contributed by atoms with Gasteiger partial charge in [-0.25, -0.2) is 0 Å². The summed E-state index contributed by atoms with van der Waals surface area (Å²) in [6.07, 6.45) is 3.04. The molecule has 1 N–H and O–H groups in total. The van der Waals surface area contributed by atoms with Gasteiger partial charge in [-0.05, 0) is 30.7 Å². The number of aryl methyl sites for hydroxylation is 1. The van der Waals surface area contributed by atoms with E-state index in [1.165, 1.54) is 0 Å². The monoisotopic (exact) mass is 327 g/mol. The van der Waals surface area contributed by atoms with Crippen molar-refractivity contribution in [2.24, 2.45) is 0 Å². The van der Waals surface area contributed by atoms with Crippen LogP contribution in [0, 0.1) is 0 Å². The van der Waals surface area contributed by atoms with E-state index in [-0.39, 0.29) is 5.91 Å². The average Bonchev–Trinajstić information content (AvgIpc) is 3.26. The lowest BCUT2D eigenvalue weighted by molar-refractivity contribution is -0.116. The lowest BCUT2D eigenvalue weighted by Crippen LogP contribution is -2.11. The number of nitrogens with one attached hydrogen (secondary N) is 1. The summed E-state index contributed by atoms with van der Waals surface area (Å²) in [6, 6.07) is 10.7. The first-order valence-corrected chi connectivity index (χ1v) is 7.55. The van der Waals surface area contributed by atoms with Crippen LogP contribution in [0.25, 0.3) is 11.6 Å². The Bertz CT molecular complexity index is 796. The van der Waals surface area contributed by atoms with Crippen LogP contribution in [0.4, 0.5) is 5.69 Å². The van der Waals surface area contributed by atoms with Gasteiger partial charge in [-0.15, -0.1) is 0 Å². The number of anilines is 1. The van der Waals surface area contributed by atoms with E-state index in [9.17, 15) is 4.79 Å². The van der Waals surface area contributed by atoms with Crippen LogP contribution in [0.5, 0.6) is 5.75 Å². The fourth-order valence-corrected chi connectivity index (χ4v) is 2.19. The Kier molecular flexibility index (Phi) is 4.90. The molecule has 0 saturated carbocycles. The van der Waals surface area contributed by atoms with Crippen molar-refractivity contribution in [3.05, 3.63) is 48.6 Å². The fraction of sp³-hybridized carbons (Fsp3) is 0.235. The smallest absolute Gasteiger partial charge is 0.238 e. The molecule has 0 spiro atoms. The van der Waals surface area contributed by atoms with Crippen LogP contribution in [0.15, 0.2) is 51.6 Å². The minimum Gasteiger partial charge on any atom is -0.497 e. The second kappa shape index (κ2) is 7.45. The van der Waals surface area contributed by atoms with Crippen LogP contribution >= 0.6 is 0 Å². The summed E-state index contributed by atoms with van der Waals surface area (Å²) in [6.45, 7) is 0. The molecule has 1 amide bonds. The van der Waals surface area contributed by atoms with Crippen molar-refractivity contribution in [1.29, 1.82) is 0 Å². The van der Waals surface area contributed by atoms with Crippen LogP contribution in [0.1, 0.15) is 18.7 Å². The van der Waals surface area contributed by atoms with Gasteiger partial charge >= 0.3 is 0 Å². The molecule has 0 fully saturated rings. The van der Waals surface area contributed by atoms with Crippen LogP contribution in [-0.2, 0) is 11.2 Å². The van der Waals surface area contributed by atoms with Gasteiger partial charge in [0.2, 0.25) is 17.6 Å². The molecule has 7 nitrogen and oxygen atoms in total. The molecule has 3 aromatic rings. The lowest BCUT2D eigenvalue weighted by atomic mass is 10.2. The van der Waals surface area contributed by atoms with Crippen molar-refractivity contribution in [3.63, 3.8) is 0 Å². The van der Waals surface area contributed by atoms with Crippen molar-refractivity contribution >= 4 is 11.6 Å². The normalized spacial score (nSPS) is 10.5. The maximum absolute atomic E-state index is 12.0. The molecule has 7 heteroatoms. The maximum atomic E-state index is 12.0. The Labute approximate surface area is 138 Å². The quantitative estimate of drug-likeness (QED) is 0.716. The first-order valence-electron chi connectivity index (χ1n) is 7.55. The summed E-state index contributed by atoms with van der Waals surface area (Å²) < 4.78 is 15.5. The van der Waals surface area contributed by atoms with Gasteiger partial charge in [0, 0.05) is 24.6 Å². The van der Waals surface area contributed by atoms with Gasteiger partial charge < -0.3 is 19.0 Å². The molecule has 0 unspecified atom stereocenters. The molecular weight excluding hydrogens is 310 g/mol. The van der Waals surface area contributed by atoms with Crippen molar-refractivity contribution in [2.75, 3.05) is 12.4 Å². The Balaban J connectivity index is 1.46. The Morgan fingerprint density at radius 1 is 1.29 bits per heavy atom. The number of ether oxygens (including phenoxy) is 1. The molecule has 24 heavy (non-hydrogen) atoms. The van der Waals surface area contributed by atoms with Crippen molar-refractivity contribution in [1.82, 2.24) is 10.1 Å². The minimum absolute atomic E-state index is 0.0750. The average molecular weight is 327 g/mol. The highest BCUT2D eigenvalue weighted by atomic mass is 16.5. The van der Waals surface area contributed by atoms with E-state index >= 15 is 0 Å². The number of hydrogen-bond donors (Lipinski definition) is 1. The summed E-state index contributed by atoms with van der Waals surface area (Å²) in [7, 11) is 1.59. The van der Waals surface area contributed by atoms with E-state index in [0.717, 1.165) is 0 Å². The molecule has 2 heterocycles. The Morgan fingerprint density at radius 3 is 3.00 bits per heavy atom. The van der Waals surface area contributed by atoms with Gasteiger partial charge in [-0.2, -0.15) is 4.98 Å². The van der Waals surface area contributed by atoms with E-state index in [4.69, 9.17) is 13.7 Å². The topological polar surface area (TPSA) is 90.4 Å². The highest BCUT2D eigenvalue weighted by Gasteiger charge is 2.11. The van der Waals surface area contributed by atoms with Gasteiger partial charge in [-0.1, -0.05) is 11.2 Å². The van der Waals surface area contributed by atoms with Crippen molar-refractivity contribution in [2.45, 2.75) is 19.3 Å². The highest BCUT2D eigenvalue weighted by molar-refractivity contribution is 5.90. The predicted molar refractivity (Wildman–Crippen MR) is 86.6 cm³/mol. The van der Waals surface area contributed by atoms with Crippen molar-refractivity contribution in [3.8, 4) is 17.3 Å². The Hall–Kier alpha value is -3.09. The zero-order chi connectivity index (χ0) is 16.8. The summed E-state index contributed by atoms with van der Waals surface area (Å²) in [4.78, 5) is 16.2. The molecular formula is C17H17N3O4. The van der Waals surface area contributed by atoms with Crippen LogP contribution in [-0.4, -0.2) is 23.2 Å². The number of methoxy groups -OCH3 is 1. The molecule has 0 aliphatic heterocycles. The van der Waals surface area contributed by atoms with Crippen LogP contribution < -0.4 is 10.1 Å². The van der Waals surface area contributed by atoms with Crippen LogP contribution in [0.3, 0.4) is 0 Å². The zero-order valence-corrected chi connectivity index (χ0v) is 13.2. The zero-order valence-electron chi connectivity index (χ0n) is 13.2. The minimum atomic E-state index is -0.0750. The van der Waals surface area contributed by atoms with Gasteiger partial charge in [0.25, 0.3) is 0 Å². The number of furan rings is 1. The third kappa shape index (κ3) is 4.01. The van der Waals surface area contributed by atoms with E-state index in [0.29, 0.717) is 48.2 Å². The van der Waals surface area contributed by atoms with Gasteiger partial charge in [0.1, 0.15) is 5.75 Å². The summed E-state index contributed by atoms with van der Waals surface area (Å²) in [5.41, 5.74) is 0.706. The molecule has 2 aromatic heterocycles. The van der Waals surface area contributed by atoms with Gasteiger partial charge in [0.15, 0.2) is 5.76 Å². The van der Waals surface area contributed by atoms with Crippen molar-refractivity contribution < 1.29 is 18.5 Å². The van der Waals surface area contributed by atoms with E-state index < -0.39 is 0 Å². The molecule has 0 saturated heterocycles. The molecule has 0 atom stereocenters. The molecule has 3 rings (SSSR count). The predicted octanol–water partition coefficient (Wildman–Crippen LogP) is 3.30. The number of nitrogens with zero attached hydrogens (tertiary/aromatic N) is 2. The number of hydrogen-bond acceptors (Lipinski definition) is 6. The molecule has 0 bridgehead atoms. The van der Waals surface area contributed by atoms with Crippen LogP contribution in [0.2, 0.25) is 0 Å². The highest BCUT2D eigenvalue weighted by Crippen LogP contribution is 2.18. The Morgan fingerprint density at radius 2 is 2.21 bits per heavy atom.